The molecule has 0 aliphatic heterocycles. The molecule has 2 heterocycles. The Labute approximate surface area is 114 Å². The van der Waals surface area contributed by atoms with Gasteiger partial charge in [-0.15, -0.1) is 11.3 Å². The summed E-state index contributed by atoms with van der Waals surface area (Å²) in [7, 11) is 1.76. The van der Waals surface area contributed by atoms with E-state index in [9.17, 15) is 4.39 Å². The number of hydrogen-bond acceptors (Lipinski definition) is 3. The molecule has 0 radical (unpaired) electrons. The molecule has 5 heteroatoms. The molecule has 0 spiro atoms. The number of nitrogens with zero attached hydrogens (tertiary/aromatic N) is 2. The number of aromatic nitrogens is 2. The van der Waals surface area contributed by atoms with Gasteiger partial charge < -0.3 is 5.73 Å². The molecule has 3 nitrogen and oxygen atoms in total. The minimum Gasteiger partial charge on any atom is -0.383 e. The van der Waals surface area contributed by atoms with Crippen LogP contribution in [0, 0.1) is 5.82 Å². The minimum atomic E-state index is -0.293. The summed E-state index contributed by atoms with van der Waals surface area (Å²) in [6.45, 7) is 0. The van der Waals surface area contributed by atoms with E-state index >= 15 is 0 Å². The second-order valence-electron chi connectivity index (χ2n) is 4.19. The predicted molar refractivity (Wildman–Crippen MR) is 76.3 cm³/mol. The van der Waals surface area contributed by atoms with Crippen molar-refractivity contribution >= 4 is 17.2 Å². The third-order valence-electron chi connectivity index (χ3n) is 2.99. The quantitative estimate of drug-likeness (QED) is 0.776. The molecule has 0 aliphatic rings. The fourth-order valence-corrected chi connectivity index (χ4v) is 2.82. The van der Waals surface area contributed by atoms with Gasteiger partial charge in [-0.25, -0.2) is 4.39 Å². The van der Waals surface area contributed by atoms with Gasteiger partial charge in [-0.3, -0.25) is 4.68 Å². The smallest absolute Gasteiger partial charge is 0.132 e. The summed E-state index contributed by atoms with van der Waals surface area (Å²) in [5.74, 6) is 0.249. The molecule has 0 unspecified atom stereocenters. The van der Waals surface area contributed by atoms with E-state index in [1.807, 2.05) is 17.5 Å². The van der Waals surface area contributed by atoms with Gasteiger partial charge in [-0.2, -0.15) is 5.10 Å². The third kappa shape index (κ3) is 1.92. The van der Waals surface area contributed by atoms with Gasteiger partial charge in [0.25, 0.3) is 0 Å². The summed E-state index contributed by atoms with van der Waals surface area (Å²) in [6.07, 6.45) is 0. The van der Waals surface area contributed by atoms with Crippen molar-refractivity contribution in [3.05, 3.63) is 47.6 Å². The standard InChI is InChI=1S/C14H12FN3S/c1-18-14(16)12(11-7-4-8-19-11)13(17-18)9-5-2-3-6-10(9)15/h2-8H,16H2,1H3. The van der Waals surface area contributed by atoms with E-state index in [2.05, 4.69) is 5.10 Å². The molecular formula is C14H12FN3S. The summed E-state index contributed by atoms with van der Waals surface area (Å²) in [6, 6.07) is 10.5. The van der Waals surface area contributed by atoms with Crippen LogP contribution in [-0.2, 0) is 7.05 Å². The van der Waals surface area contributed by atoms with Gasteiger partial charge >= 0.3 is 0 Å². The van der Waals surface area contributed by atoms with Crippen molar-refractivity contribution in [3.63, 3.8) is 0 Å². The van der Waals surface area contributed by atoms with Crippen molar-refractivity contribution in [1.82, 2.24) is 9.78 Å². The molecule has 19 heavy (non-hydrogen) atoms. The first-order valence-corrected chi connectivity index (χ1v) is 6.67. The van der Waals surface area contributed by atoms with E-state index in [0.717, 1.165) is 10.4 Å². The van der Waals surface area contributed by atoms with Crippen LogP contribution >= 0.6 is 11.3 Å². The Kier molecular flexibility index (Phi) is 2.83. The number of nitrogen functional groups attached to an aromatic ring is 1. The van der Waals surface area contributed by atoms with Gasteiger partial charge in [0.15, 0.2) is 0 Å². The number of rotatable bonds is 2. The maximum Gasteiger partial charge on any atom is 0.132 e. The lowest BCUT2D eigenvalue weighted by molar-refractivity contribution is 0.630. The van der Waals surface area contributed by atoms with Crippen LogP contribution in [-0.4, -0.2) is 9.78 Å². The molecule has 2 aromatic heterocycles. The number of nitrogens with two attached hydrogens (primary N) is 1. The third-order valence-corrected chi connectivity index (χ3v) is 3.88. The first-order valence-electron chi connectivity index (χ1n) is 5.79. The topological polar surface area (TPSA) is 43.8 Å². The van der Waals surface area contributed by atoms with Crippen LogP contribution in [0.1, 0.15) is 0 Å². The zero-order valence-electron chi connectivity index (χ0n) is 10.3. The van der Waals surface area contributed by atoms with Crippen molar-refractivity contribution in [2.24, 2.45) is 7.05 Å². The monoisotopic (exact) mass is 273 g/mol. The molecule has 1 aromatic carbocycles. The Hall–Kier alpha value is -2.14. The van der Waals surface area contributed by atoms with Crippen LogP contribution in [0.4, 0.5) is 10.2 Å². The Morgan fingerprint density at radius 2 is 2.00 bits per heavy atom. The van der Waals surface area contributed by atoms with Crippen LogP contribution in [0.25, 0.3) is 21.7 Å². The van der Waals surface area contributed by atoms with Crippen molar-refractivity contribution < 1.29 is 4.39 Å². The van der Waals surface area contributed by atoms with Crippen LogP contribution < -0.4 is 5.73 Å². The number of halogens is 1. The van der Waals surface area contributed by atoms with Gasteiger partial charge in [0, 0.05) is 17.5 Å². The van der Waals surface area contributed by atoms with Crippen LogP contribution in [0.15, 0.2) is 41.8 Å². The minimum absolute atomic E-state index is 0.293. The highest BCUT2D eigenvalue weighted by atomic mass is 32.1. The molecule has 0 fully saturated rings. The highest BCUT2D eigenvalue weighted by Gasteiger charge is 2.19. The van der Waals surface area contributed by atoms with Crippen molar-refractivity contribution in [2.75, 3.05) is 5.73 Å². The number of benzene rings is 1. The van der Waals surface area contributed by atoms with E-state index in [4.69, 9.17) is 5.73 Å². The van der Waals surface area contributed by atoms with E-state index in [0.29, 0.717) is 17.1 Å². The SMILES string of the molecule is Cn1nc(-c2ccccc2F)c(-c2cccs2)c1N. The first kappa shape index (κ1) is 11.9. The zero-order valence-corrected chi connectivity index (χ0v) is 11.1. The molecule has 0 saturated carbocycles. The van der Waals surface area contributed by atoms with Gasteiger partial charge in [-0.1, -0.05) is 18.2 Å². The Bertz CT molecular complexity index is 716. The number of anilines is 1. The average Bonchev–Trinajstić information content (AvgIpc) is 3.00. The number of hydrogen-bond donors (Lipinski definition) is 1. The van der Waals surface area contributed by atoms with Gasteiger partial charge in [0.2, 0.25) is 0 Å². The van der Waals surface area contributed by atoms with Gasteiger partial charge in [0.05, 0.1) is 5.56 Å². The average molecular weight is 273 g/mol. The van der Waals surface area contributed by atoms with Crippen molar-refractivity contribution in [3.8, 4) is 21.7 Å². The molecule has 3 rings (SSSR count). The fourth-order valence-electron chi connectivity index (χ4n) is 2.04. The van der Waals surface area contributed by atoms with Crippen LogP contribution in [0.3, 0.4) is 0 Å². The molecule has 3 aromatic rings. The normalized spacial score (nSPS) is 10.8. The Morgan fingerprint density at radius 3 is 2.68 bits per heavy atom. The van der Waals surface area contributed by atoms with Crippen LogP contribution in [0.5, 0.6) is 0 Å². The maximum atomic E-state index is 14.0. The van der Waals surface area contributed by atoms with E-state index in [-0.39, 0.29) is 5.82 Å². The lowest BCUT2D eigenvalue weighted by Gasteiger charge is -2.02. The summed E-state index contributed by atoms with van der Waals surface area (Å²) in [5.41, 5.74) is 7.92. The highest BCUT2D eigenvalue weighted by Crippen LogP contribution is 2.38. The van der Waals surface area contributed by atoms with Crippen LogP contribution in [0.2, 0.25) is 0 Å². The van der Waals surface area contributed by atoms with Crippen molar-refractivity contribution in [1.29, 1.82) is 0 Å². The Balaban J connectivity index is 2.29. The second kappa shape index (κ2) is 4.51. The predicted octanol–water partition coefficient (Wildman–Crippen LogP) is 3.54. The summed E-state index contributed by atoms with van der Waals surface area (Å²) < 4.78 is 15.5. The first-order chi connectivity index (χ1) is 9.18. The lowest BCUT2D eigenvalue weighted by atomic mass is 10.1. The molecule has 0 atom stereocenters. The van der Waals surface area contributed by atoms with Gasteiger partial charge in [-0.05, 0) is 23.6 Å². The fraction of sp³-hybridized carbons (Fsp3) is 0.0714. The molecule has 0 saturated heterocycles. The molecular weight excluding hydrogens is 261 g/mol. The lowest BCUT2D eigenvalue weighted by Crippen LogP contribution is -1.97. The largest absolute Gasteiger partial charge is 0.383 e. The second-order valence-corrected chi connectivity index (χ2v) is 5.14. The molecule has 2 N–H and O–H groups in total. The summed E-state index contributed by atoms with van der Waals surface area (Å²) >= 11 is 1.56. The molecule has 0 aliphatic carbocycles. The molecule has 96 valence electrons. The highest BCUT2D eigenvalue weighted by molar-refractivity contribution is 7.13. The number of thiophene rings is 1. The van der Waals surface area contributed by atoms with E-state index in [1.54, 1.807) is 41.3 Å². The summed E-state index contributed by atoms with van der Waals surface area (Å²) in [4.78, 5) is 0.990. The van der Waals surface area contributed by atoms with Crippen molar-refractivity contribution in [2.45, 2.75) is 0 Å². The summed E-state index contributed by atoms with van der Waals surface area (Å²) in [5, 5.41) is 6.32. The van der Waals surface area contributed by atoms with E-state index in [1.165, 1.54) is 6.07 Å². The number of aryl methyl sites for hydroxylation is 1. The molecule has 0 bridgehead atoms. The van der Waals surface area contributed by atoms with E-state index < -0.39 is 0 Å². The molecule has 0 amide bonds. The maximum absolute atomic E-state index is 14.0. The zero-order chi connectivity index (χ0) is 13.4. The Morgan fingerprint density at radius 1 is 1.21 bits per heavy atom. The van der Waals surface area contributed by atoms with Gasteiger partial charge in [0.1, 0.15) is 17.3 Å².